The van der Waals surface area contributed by atoms with E-state index in [1.807, 2.05) is 0 Å². The van der Waals surface area contributed by atoms with Gasteiger partial charge in [0.05, 0.1) is 6.33 Å². The van der Waals surface area contributed by atoms with Crippen LogP contribution in [0.3, 0.4) is 0 Å². The molecule has 0 aromatic carbocycles. The molecule has 0 aliphatic rings. The molecule has 112 valence electrons. The number of amides is 1. The topological polar surface area (TPSA) is 140 Å². The van der Waals surface area contributed by atoms with Crippen LogP contribution >= 0.6 is 0 Å². The summed E-state index contributed by atoms with van der Waals surface area (Å²) in [6.45, 7) is 0. The zero-order chi connectivity index (χ0) is 15.6. The fraction of sp³-hybridized carbons (Fsp3) is 0. The molecule has 0 radical (unpaired) electrons. The maximum atomic E-state index is 12.2. The molecule has 0 fully saturated rings. The van der Waals surface area contributed by atoms with Crippen molar-refractivity contribution in [3.05, 3.63) is 43.1 Å². The smallest absolute Gasteiger partial charge is 0.277 e. The zero-order valence-corrected chi connectivity index (χ0v) is 11.5. The van der Waals surface area contributed by atoms with Crippen LogP contribution in [0.5, 0.6) is 0 Å². The Kier molecular flexibility index (Phi) is 2.93. The standard InChI is InChI=1S/C12H8N10O/c23-12(19-11-9-10(15-4-14-9)16-5-17-11)7-1-2-8(21-20-7)22-6-13-3-18-22/h1-6H,(H2,14,15,16,17,19,23). The van der Waals surface area contributed by atoms with Crippen LogP contribution in [0.4, 0.5) is 5.82 Å². The van der Waals surface area contributed by atoms with E-state index in [-0.39, 0.29) is 5.69 Å². The quantitative estimate of drug-likeness (QED) is 0.538. The number of carbonyl (C=O) groups is 1. The third kappa shape index (κ3) is 2.35. The Hall–Kier alpha value is -3.76. The van der Waals surface area contributed by atoms with E-state index in [0.29, 0.717) is 22.8 Å². The lowest BCUT2D eigenvalue weighted by atomic mass is 10.3. The van der Waals surface area contributed by atoms with Gasteiger partial charge in [0.15, 0.2) is 23.0 Å². The average molecular weight is 308 g/mol. The van der Waals surface area contributed by atoms with Gasteiger partial charge in [-0.25, -0.2) is 24.6 Å². The van der Waals surface area contributed by atoms with E-state index < -0.39 is 5.91 Å². The predicted molar refractivity (Wildman–Crippen MR) is 76.6 cm³/mol. The van der Waals surface area contributed by atoms with Crippen LogP contribution in [-0.4, -0.2) is 50.8 Å². The van der Waals surface area contributed by atoms with E-state index in [1.54, 1.807) is 6.07 Å². The molecule has 0 saturated carbocycles. The van der Waals surface area contributed by atoms with Gasteiger partial charge in [-0.15, -0.1) is 10.2 Å². The second-order valence-corrected chi connectivity index (χ2v) is 4.39. The number of hydrogen-bond acceptors (Lipinski definition) is 8. The zero-order valence-electron chi connectivity index (χ0n) is 11.5. The number of hydrogen-bond donors (Lipinski definition) is 2. The summed E-state index contributed by atoms with van der Waals surface area (Å²) >= 11 is 0. The second-order valence-electron chi connectivity index (χ2n) is 4.39. The van der Waals surface area contributed by atoms with Crippen LogP contribution in [0.2, 0.25) is 0 Å². The van der Waals surface area contributed by atoms with Crippen LogP contribution in [0, 0.1) is 0 Å². The van der Waals surface area contributed by atoms with Crippen molar-refractivity contribution in [2.24, 2.45) is 0 Å². The van der Waals surface area contributed by atoms with E-state index >= 15 is 0 Å². The maximum absolute atomic E-state index is 12.2. The molecule has 23 heavy (non-hydrogen) atoms. The second kappa shape index (κ2) is 5.22. The molecular formula is C12H8N10O. The summed E-state index contributed by atoms with van der Waals surface area (Å²) in [4.78, 5) is 30.9. The number of fused-ring (bicyclic) bond motifs is 1. The van der Waals surface area contributed by atoms with Crippen molar-refractivity contribution in [1.29, 1.82) is 0 Å². The normalized spacial score (nSPS) is 10.8. The molecule has 0 saturated heterocycles. The first-order valence-corrected chi connectivity index (χ1v) is 6.45. The first-order chi connectivity index (χ1) is 11.3. The Labute approximate surface area is 127 Å². The summed E-state index contributed by atoms with van der Waals surface area (Å²) in [7, 11) is 0. The number of aromatic amines is 1. The Morgan fingerprint density at radius 3 is 2.87 bits per heavy atom. The highest BCUT2D eigenvalue weighted by atomic mass is 16.2. The van der Waals surface area contributed by atoms with Gasteiger partial charge in [0.2, 0.25) is 0 Å². The van der Waals surface area contributed by atoms with Crippen molar-refractivity contribution >= 4 is 22.9 Å². The molecule has 4 heterocycles. The van der Waals surface area contributed by atoms with Crippen LogP contribution in [-0.2, 0) is 0 Å². The minimum Gasteiger partial charge on any atom is -0.340 e. The lowest BCUT2D eigenvalue weighted by molar-refractivity contribution is 0.102. The number of H-pyrrole nitrogens is 1. The SMILES string of the molecule is O=C(Nc1ncnc2nc[nH]c12)c1ccc(-n2cncn2)nn1. The van der Waals surface area contributed by atoms with Gasteiger partial charge < -0.3 is 10.3 Å². The van der Waals surface area contributed by atoms with E-state index in [2.05, 4.69) is 45.5 Å². The van der Waals surface area contributed by atoms with Crippen molar-refractivity contribution < 1.29 is 4.79 Å². The summed E-state index contributed by atoms with van der Waals surface area (Å²) in [6, 6.07) is 3.15. The molecule has 4 aromatic rings. The molecule has 4 aromatic heterocycles. The Bertz CT molecular complexity index is 959. The van der Waals surface area contributed by atoms with Crippen molar-refractivity contribution in [3.63, 3.8) is 0 Å². The third-order valence-electron chi connectivity index (χ3n) is 2.99. The summed E-state index contributed by atoms with van der Waals surface area (Å²) in [5, 5.41) is 14.4. The van der Waals surface area contributed by atoms with Gasteiger partial charge in [0.25, 0.3) is 5.91 Å². The predicted octanol–water partition coefficient (Wildman–Crippen LogP) is -0.0241. The lowest BCUT2D eigenvalue weighted by Crippen LogP contribution is -2.16. The van der Waals surface area contributed by atoms with Crippen LogP contribution in [0.15, 0.2) is 37.4 Å². The van der Waals surface area contributed by atoms with Crippen LogP contribution < -0.4 is 5.32 Å². The Morgan fingerprint density at radius 2 is 2.09 bits per heavy atom. The molecule has 0 spiro atoms. The number of carbonyl (C=O) groups excluding carboxylic acids is 1. The number of anilines is 1. The van der Waals surface area contributed by atoms with Crippen molar-refractivity contribution in [2.75, 3.05) is 5.32 Å². The lowest BCUT2D eigenvalue weighted by Gasteiger charge is -2.04. The molecule has 2 N–H and O–H groups in total. The van der Waals surface area contributed by atoms with Crippen LogP contribution in [0.1, 0.15) is 10.5 Å². The molecule has 4 rings (SSSR count). The fourth-order valence-corrected chi connectivity index (χ4v) is 1.93. The fourth-order valence-electron chi connectivity index (χ4n) is 1.93. The third-order valence-corrected chi connectivity index (χ3v) is 2.99. The summed E-state index contributed by atoms with van der Waals surface area (Å²) in [6.07, 6.45) is 5.66. The molecule has 0 bridgehead atoms. The minimum absolute atomic E-state index is 0.139. The van der Waals surface area contributed by atoms with E-state index in [0.717, 1.165) is 0 Å². The van der Waals surface area contributed by atoms with E-state index in [4.69, 9.17) is 0 Å². The maximum Gasteiger partial charge on any atom is 0.277 e. The average Bonchev–Trinajstić information content (AvgIpc) is 3.27. The monoisotopic (exact) mass is 308 g/mol. The van der Waals surface area contributed by atoms with Crippen LogP contribution in [0.25, 0.3) is 17.0 Å². The highest BCUT2D eigenvalue weighted by Crippen LogP contribution is 2.15. The van der Waals surface area contributed by atoms with Gasteiger partial charge in [-0.2, -0.15) is 5.10 Å². The molecule has 0 unspecified atom stereocenters. The molecule has 11 heteroatoms. The Balaban J connectivity index is 1.58. The van der Waals surface area contributed by atoms with Gasteiger partial charge in [-0.1, -0.05) is 0 Å². The first kappa shape index (κ1) is 12.9. The summed E-state index contributed by atoms with van der Waals surface area (Å²) in [5.41, 5.74) is 1.14. The number of nitrogens with zero attached hydrogens (tertiary/aromatic N) is 8. The Morgan fingerprint density at radius 1 is 1.13 bits per heavy atom. The van der Waals surface area contributed by atoms with Crippen molar-refractivity contribution in [3.8, 4) is 5.82 Å². The summed E-state index contributed by atoms with van der Waals surface area (Å²) < 4.78 is 1.44. The molecule has 0 aliphatic heterocycles. The van der Waals surface area contributed by atoms with Gasteiger partial charge in [0.1, 0.15) is 24.5 Å². The molecule has 0 atom stereocenters. The molecular weight excluding hydrogens is 300 g/mol. The largest absolute Gasteiger partial charge is 0.340 e. The van der Waals surface area contributed by atoms with E-state index in [9.17, 15) is 4.79 Å². The van der Waals surface area contributed by atoms with Gasteiger partial charge in [0, 0.05) is 0 Å². The molecule has 11 nitrogen and oxygen atoms in total. The van der Waals surface area contributed by atoms with E-state index in [1.165, 1.54) is 36.1 Å². The van der Waals surface area contributed by atoms with Gasteiger partial charge >= 0.3 is 0 Å². The van der Waals surface area contributed by atoms with Gasteiger partial charge in [-0.05, 0) is 12.1 Å². The number of rotatable bonds is 3. The van der Waals surface area contributed by atoms with Crippen molar-refractivity contribution in [1.82, 2.24) is 44.9 Å². The number of aromatic nitrogens is 9. The number of nitrogens with one attached hydrogen (secondary N) is 2. The summed E-state index contributed by atoms with van der Waals surface area (Å²) in [5.74, 6) is 0.328. The highest BCUT2D eigenvalue weighted by molar-refractivity contribution is 6.05. The molecule has 0 aliphatic carbocycles. The van der Waals surface area contributed by atoms with Gasteiger partial charge in [-0.3, -0.25) is 4.79 Å². The first-order valence-electron chi connectivity index (χ1n) is 6.45. The number of imidazole rings is 1. The highest BCUT2D eigenvalue weighted by Gasteiger charge is 2.13. The van der Waals surface area contributed by atoms with Crippen molar-refractivity contribution in [2.45, 2.75) is 0 Å². The minimum atomic E-state index is -0.447. The molecule has 1 amide bonds.